The molecule has 1 aromatic heterocycles. The number of aromatic nitrogens is 1. The van der Waals surface area contributed by atoms with Gasteiger partial charge in [-0.15, -0.1) is 0 Å². The van der Waals surface area contributed by atoms with Crippen molar-refractivity contribution in [2.24, 2.45) is 0 Å². The number of H-pyrrole nitrogens is 1. The normalized spacial score (nSPS) is 21.4. The number of aromatic amines is 1. The van der Waals surface area contributed by atoms with Crippen molar-refractivity contribution < 1.29 is 14.3 Å². The highest BCUT2D eigenvalue weighted by molar-refractivity contribution is 5.87. The summed E-state index contributed by atoms with van der Waals surface area (Å²) in [6.45, 7) is 1.51. The lowest BCUT2D eigenvalue weighted by Crippen LogP contribution is -2.47. The highest BCUT2D eigenvalue weighted by Gasteiger charge is 2.30. The number of amides is 2. The minimum absolute atomic E-state index is 0.0543. The van der Waals surface area contributed by atoms with Crippen molar-refractivity contribution in [1.82, 2.24) is 14.8 Å². The quantitative estimate of drug-likeness (QED) is 0.862. The summed E-state index contributed by atoms with van der Waals surface area (Å²) < 4.78 is 5.24. The van der Waals surface area contributed by atoms with Crippen molar-refractivity contribution in [3.8, 4) is 0 Å². The van der Waals surface area contributed by atoms with Crippen LogP contribution in [-0.4, -0.2) is 59.4 Å². The molecule has 3 rings (SSSR count). The van der Waals surface area contributed by atoms with Gasteiger partial charge in [0.2, 0.25) is 5.91 Å². The van der Waals surface area contributed by atoms with Crippen LogP contribution in [-0.2, 0) is 27.3 Å². The Morgan fingerprint density at radius 2 is 2.17 bits per heavy atom. The van der Waals surface area contributed by atoms with Crippen LogP contribution in [0.15, 0.2) is 17.1 Å². The molecule has 2 amide bonds. The fourth-order valence-electron chi connectivity index (χ4n) is 3.41. The number of hydrogen-bond acceptors (Lipinski definition) is 4. The molecule has 1 fully saturated rings. The highest BCUT2D eigenvalue weighted by Crippen LogP contribution is 2.17. The van der Waals surface area contributed by atoms with Crippen molar-refractivity contribution in [3.05, 3.63) is 33.7 Å². The van der Waals surface area contributed by atoms with Gasteiger partial charge in [-0.2, -0.15) is 0 Å². The molecule has 0 radical (unpaired) electrons. The third-order valence-electron chi connectivity index (χ3n) is 4.86. The number of nitrogens with zero attached hydrogens (tertiary/aromatic N) is 2. The number of carbonyl (C=O) groups excluding carboxylic acids is 2. The maximum Gasteiger partial charge on any atom is 0.253 e. The van der Waals surface area contributed by atoms with Crippen LogP contribution in [0.4, 0.5) is 0 Å². The van der Waals surface area contributed by atoms with E-state index in [1.165, 1.54) is 7.11 Å². The van der Waals surface area contributed by atoms with Crippen molar-refractivity contribution in [2.75, 3.05) is 26.7 Å². The molecule has 1 saturated heterocycles. The average molecular weight is 333 g/mol. The minimum atomic E-state index is -0.453. The van der Waals surface area contributed by atoms with Gasteiger partial charge in [0.25, 0.3) is 11.5 Å². The summed E-state index contributed by atoms with van der Waals surface area (Å²) >= 11 is 0. The molecule has 0 saturated carbocycles. The Morgan fingerprint density at radius 1 is 1.33 bits per heavy atom. The molecule has 0 bridgehead atoms. The smallest absolute Gasteiger partial charge is 0.253 e. The largest absolute Gasteiger partial charge is 0.372 e. The Kier molecular flexibility index (Phi) is 4.99. The zero-order valence-corrected chi connectivity index (χ0v) is 13.9. The molecule has 7 nitrogen and oxygen atoms in total. The van der Waals surface area contributed by atoms with E-state index < -0.39 is 6.10 Å². The zero-order valence-electron chi connectivity index (χ0n) is 13.9. The second kappa shape index (κ2) is 7.17. The van der Waals surface area contributed by atoms with Gasteiger partial charge in [-0.3, -0.25) is 14.4 Å². The Labute approximate surface area is 140 Å². The van der Waals surface area contributed by atoms with E-state index in [9.17, 15) is 14.4 Å². The second-order valence-corrected chi connectivity index (χ2v) is 6.36. The van der Waals surface area contributed by atoms with E-state index in [4.69, 9.17) is 4.74 Å². The number of hydrogen-bond donors (Lipinski definition) is 1. The molecule has 0 aromatic carbocycles. The van der Waals surface area contributed by atoms with Gasteiger partial charge < -0.3 is 19.5 Å². The Morgan fingerprint density at radius 3 is 2.96 bits per heavy atom. The minimum Gasteiger partial charge on any atom is -0.372 e. The van der Waals surface area contributed by atoms with Gasteiger partial charge in [-0.25, -0.2) is 0 Å². The van der Waals surface area contributed by atoms with Gasteiger partial charge in [0.05, 0.1) is 13.1 Å². The molecule has 0 spiro atoms. The van der Waals surface area contributed by atoms with Crippen LogP contribution in [0, 0.1) is 0 Å². The number of ether oxygens (including phenoxy) is 1. The van der Waals surface area contributed by atoms with E-state index in [1.54, 1.807) is 16.0 Å². The lowest BCUT2D eigenvalue weighted by Gasteiger charge is -2.31. The molecule has 1 aromatic rings. The Hall–Kier alpha value is -2.15. The third kappa shape index (κ3) is 3.36. The molecule has 0 aliphatic carbocycles. The van der Waals surface area contributed by atoms with Crippen LogP contribution in [0.5, 0.6) is 0 Å². The van der Waals surface area contributed by atoms with Gasteiger partial charge >= 0.3 is 0 Å². The molecule has 3 heterocycles. The SMILES string of the molecule is COC1CCCCN(CC(=O)N2CCc3cc[nH]c(=O)c3C2)C1=O. The van der Waals surface area contributed by atoms with E-state index in [-0.39, 0.29) is 23.9 Å². The number of likely N-dealkylation sites (tertiary alicyclic amines) is 1. The summed E-state index contributed by atoms with van der Waals surface area (Å²) in [5.41, 5.74) is 1.50. The number of rotatable bonds is 3. The first kappa shape index (κ1) is 16.7. The number of pyridine rings is 1. The highest BCUT2D eigenvalue weighted by atomic mass is 16.5. The first-order chi connectivity index (χ1) is 11.6. The maximum absolute atomic E-state index is 12.6. The van der Waals surface area contributed by atoms with E-state index in [0.29, 0.717) is 38.0 Å². The second-order valence-electron chi connectivity index (χ2n) is 6.36. The molecule has 24 heavy (non-hydrogen) atoms. The topological polar surface area (TPSA) is 82.7 Å². The Balaban J connectivity index is 1.68. The zero-order chi connectivity index (χ0) is 17.1. The van der Waals surface area contributed by atoms with Crippen molar-refractivity contribution in [3.63, 3.8) is 0 Å². The van der Waals surface area contributed by atoms with E-state index in [2.05, 4.69) is 4.98 Å². The van der Waals surface area contributed by atoms with Crippen LogP contribution in [0.25, 0.3) is 0 Å². The van der Waals surface area contributed by atoms with E-state index in [1.807, 2.05) is 6.07 Å². The maximum atomic E-state index is 12.6. The fourth-order valence-corrected chi connectivity index (χ4v) is 3.41. The van der Waals surface area contributed by atoms with Crippen molar-refractivity contribution in [1.29, 1.82) is 0 Å². The van der Waals surface area contributed by atoms with Gasteiger partial charge in [0, 0.05) is 32.0 Å². The molecule has 130 valence electrons. The summed E-state index contributed by atoms with van der Waals surface area (Å²) in [6.07, 6.45) is 4.35. The van der Waals surface area contributed by atoms with Gasteiger partial charge in [-0.1, -0.05) is 0 Å². The molecule has 2 aliphatic heterocycles. The third-order valence-corrected chi connectivity index (χ3v) is 4.86. The Bertz CT molecular complexity index is 685. The predicted octanol–water partition coefficient (Wildman–Crippen LogP) is 0.287. The first-order valence-corrected chi connectivity index (χ1v) is 8.39. The number of carbonyl (C=O) groups is 2. The molecule has 7 heteroatoms. The summed E-state index contributed by atoms with van der Waals surface area (Å²) in [6, 6.07) is 1.89. The van der Waals surface area contributed by atoms with Crippen molar-refractivity contribution >= 4 is 11.8 Å². The van der Waals surface area contributed by atoms with Gasteiger partial charge in [0.1, 0.15) is 6.10 Å². The van der Waals surface area contributed by atoms with Gasteiger partial charge in [0.15, 0.2) is 0 Å². The number of methoxy groups -OCH3 is 1. The van der Waals surface area contributed by atoms with Gasteiger partial charge in [-0.05, 0) is 37.3 Å². The fraction of sp³-hybridized carbons (Fsp3) is 0.588. The van der Waals surface area contributed by atoms with Crippen LogP contribution < -0.4 is 5.56 Å². The standard InChI is InChI=1S/C17H23N3O4/c1-24-14-4-2-3-8-20(17(14)23)11-15(21)19-9-6-12-5-7-18-16(22)13(12)10-19/h5,7,14H,2-4,6,8-11H2,1H3,(H,18,22). The van der Waals surface area contributed by atoms with E-state index >= 15 is 0 Å². The predicted molar refractivity (Wildman–Crippen MR) is 87.4 cm³/mol. The first-order valence-electron chi connectivity index (χ1n) is 8.39. The monoisotopic (exact) mass is 333 g/mol. The van der Waals surface area contributed by atoms with E-state index in [0.717, 1.165) is 18.4 Å². The summed E-state index contributed by atoms with van der Waals surface area (Å²) in [5, 5.41) is 0. The summed E-state index contributed by atoms with van der Waals surface area (Å²) in [5.74, 6) is -0.229. The van der Waals surface area contributed by atoms with Crippen LogP contribution in [0.3, 0.4) is 0 Å². The lowest BCUT2D eigenvalue weighted by atomic mass is 10.0. The number of nitrogens with one attached hydrogen (secondary N) is 1. The van der Waals surface area contributed by atoms with Crippen LogP contribution >= 0.6 is 0 Å². The molecule has 2 aliphatic rings. The van der Waals surface area contributed by atoms with Crippen molar-refractivity contribution in [2.45, 2.75) is 38.3 Å². The average Bonchev–Trinajstić information content (AvgIpc) is 2.77. The summed E-state index contributed by atoms with van der Waals surface area (Å²) in [4.78, 5) is 42.9. The molecule has 1 N–H and O–H groups in total. The molecule has 1 atom stereocenters. The lowest BCUT2D eigenvalue weighted by molar-refractivity contribution is -0.146. The summed E-state index contributed by atoms with van der Waals surface area (Å²) in [7, 11) is 1.53. The molecule has 1 unspecified atom stereocenters. The van der Waals surface area contributed by atoms with Crippen LogP contribution in [0.2, 0.25) is 0 Å². The van der Waals surface area contributed by atoms with Crippen LogP contribution in [0.1, 0.15) is 30.4 Å². The molecular formula is C17H23N3O4. The number of fused-ring (bicyclic) bond motifs is 1. The molecular weight excluding hydrogens is 310 g/mol.